The zero-order valence-electron chi connectivity index (χ0n) is 20.8. The second kappa shape index (κ2) is 8.57. The van der Waals surface area contributed by atoms with E-state index < -0.39 is 0 Å². The smallest absolute Gasteiger partial charge is 0.254 e. The molecule has 186 valence electrons. The average Bonchev–Trinajstić information content (AvgIpc) is 3.66. The summed E-state index contributed by atoms with van der Waals surface area (Å²) in [5, 5.41) is 20.1. The molecule has 0 radical (unpaired) electrons. The molecule has 0 atom stereocenters. The highest BCUT2D eigenvalue weighted by atomic mass is 14.9. The molecular formula is C30H6N12. The van der Waals surface area contributed by atoms with Gasteiger partial charge < -0.3 is 0 Å². The van der Waals surface area contributed by atoms with E-state index in [9.17, 15) is 10.5 Å². The van der Waals surface area contributed by atoms with Gasteiger partial charge in [0.2, 0.25) is 0 Å². The lowest BCUT2D eigenvalue weighted by Gasteiger charge is -2.17. The number of nitriles is 2. The molecule has 3 heterocycles. The first-order valence-corrected chi connectivity index (χ1v) is 11.9. The minimum absolute atomic E-state index is 0.187. The van der Waals surface area contributed by atoms with Crippen LogP contribution in [0.4, 0.5) is 0 Å². The van der Waals surface area contributed by atoms with E-state index in [0.717, 1.165) is 0 Å². The van der Waals surface area contributed by atoms with Crippen LogP contribution in [0.15, 0.2) is 54.4 Å². The fourth-order valence-corrected chi connectivity index (χ4v) is 5.77. The Morgan fingerprint density at radius 1 is 0.452 bits per heavy atom. The van der Waals surface area contributed by atoms with E-state index in [4.69, 9.17) is 26.3 Å². The molecule has 0 bridgehead atoms. The van der Waals surface area contributed by atoms with Crippen molar-refractivity contribution in [3.63, 3.8) is 0 Å². The standard InChI is InChI=1S/C30H6N12/c1-33-13(11-31)15-17-20-18(16(14(12-32)34-2)24-26(20)39-7-5-37-24)22-19(21(17)27-25(15)38-6-8-40-27)23(30(35-3)36-4)29-28(22)41-9-10-42-29/h5-10H/b15-13-,16-14+. The van der Waals surface area contributed by atoms with Gasteiger partial charge >= 0.3 is 5.82 Å². The van der Waals surface area contributed by atoms with Crippen LogP contribution in [0, 0.1) is 49.0 Å². The van der Waals surface area contributed by atoms with Gasteiger partial charge in [0.1, 0.15) is 18.7 Å². The first kappa shape index (κ1) is 23.7. The van der Waals surface area contributed by atoms with E-state index in [0.29, 0.717) is 50.5 Å². The maximum Gasteiger partial charge on any atom is 0.529 e. The fraction of sp³-hybridized carbons (Fsp3) is 0. The quantitative estimate of drug-likeness (QED) is 0.196. The molecular weight excluding hydrogens is 528 g/mol. The minimum Gasteiger partial charge on any atom is -0.254 e. The predicted molar refractivity (Wildman–Crippen MR) is 145 cm³/mol. The Morgan fingerprint density at radius 3 is 1.07 bits per heavy atom. The molecule has 0 unspecified atom stereocenters. The molecule has 0 saturated carbocycles. The molecule has 0 aliphatic heterocycles. The maximum atomic E-state index is 10.1. The summed E-state index contributed by atoms with van der Waals surface area (Å²) in [6.45, 7) is 31.3. The zero-order chi connectivity index (χ0) is 29.1. The number of benzene rings is 1. The molecule has 12 nitrogen and oxygen atoms in total. The molecule has 0 spiro atoms. The van der Waals surface area contributed by atoms with Crippen LogP contribution >= 0.6 is 0 Å². The number of nitrogens with zero attached hydrogens (tertiary/aromatic N) is 12. The molecule has 0 saturated heterocycles. The van der Waals surface area contributed by atoms with Gasteiger partial charge in [-0.3, -0.25) is 29.9 Å². The lowest BCUT2D eigenvalue weighted by molar-refractivity contribution is 1.19. The molecule has 42 heavy (non-hydrogen) atoms. The minimum atomic E-state index is -0.283. The van der Waals surface area contributed by atoms with Crippen molar-refractivity contribution in [1.29, 1.82) is 10.5 Å². The predicted octanol–water partition coefficient (Wildman–Crippen LogP) is 4.96. The summed E-state index contributed by atoms with van der Waals surface area (Å²) >= 11 is 0. The second-order valence-corrected chi connectivity index (χ2v) is 8.83. The summed E-state index contributed by atoms with van der Waals surface area (Å²) in [5.41, 5.74) is 4.10. The average molecular weight is 534 g/mol. The Hall–Kier alpha value is -7.38. The number of fused-ring (bicyclic) bond motifs is 12. The molecule has 12 heteroatoms. The number of rotatable bonds is 0. The van der Waals surface area contributed by atoms with E-state index >= 15 is 0 Å². The van der Waals surface area contributed by atoms with Gasteiger partial charge in [0.25, 0.3) is 11.4 Å². The van der Waals surface area contributed by atoms with Crippen LogP contribution in [0.2, 0.25) is 0 Å². The molecule has 3 aliphatic carbocycles. The van der Waals surface area contributed by atoms with E-state index in [-0.39, 0.29) is 51.0 Å². The Kier molecular flexibility index (Phi) is 4.84. The Balaban J connectivity index is 1.88. The van der Waals surface area contributed by atoms with Gasteiger partial charge in [-0.2, -0.15) is 9.69 Å². The molecule has 1 aromatic carbocycles. The zero-order valence-corrected chi connectivity index (χ0v) is 20.8. The highest BCUT2D eigenvalue weighted by molar-refractivity contribution is 6.22. The lowest BCUT2D eigenvalue weighted by Crippen LogP contribution is -1.99. The highest BCUT2D eigenvalue weighted by Gasteiger charge is 2.48. The summed E-state index contributed by atoms with van der Waals surface area (Å²) in [7, 11) is 0. The summed E-state index contributed by atoms with van der Waals surface area (Å²) in [4.78, 5) is 41.2. The topological polar surface area (TPSA) is 142 Å². The van der Waals surface area contributed by atoms with E-state index in [2.05, 4.69) is 49.3 Å². The van der Waals surface area contributed by atoms with Gasteiger partial charge in [-0.05, 0) is 11.1 Å². The largest absolute Gasteiger partial charge is 0.529 e. The van der Waals surface area contributed by atoms with Crippen molar-refractivity contribution < 1.29 is 0 Å². The lowest BCUT2D eigenvalue weighted by atomic mass is 9.85. The van der Waals surface area contributed by atoms with E-state index in [1.165, 1.54) is 37.2 Å². The third-order valence-electron chi connectivity index (χ3n) is 7.11. The van der Waals surface area contributed by atoms with Crippen molar-refractivity contribution in [1.82, 2.24) is 29.9 Å². The molecule has 0 fully saturated rings. The summed E-state index contributed by atoms with van der Waals surface area (Å²) in [6, 6.07) is 3.93. The Bertz CT molecular complexity index is 2030. The molecule has 0 N–H and O–H groups in total. The van der Waals surface area contributed by atoms with Gasteiger partial charge in [0.15, 0.2) is 0 Å². The Morgan fingerprint density at radius 2 is 0.762 bits per heavy atom. The third kappa shape index (κ3) is 2.71. The maximum absolute atomic E-state index is 10.1. The number of hydrogen-bond acceptors (Lipinski definition) is 8. The monoisotopic (exact) mass is 534 g/mol. The van der Waals surface area contributed by atoms with Crippen molar-refractivity contribution in [2.45, 2.75) is 0 Å². The van der Waals surface area contributed by atoms with Crippen molar-refractivity contribution >= 4 is 16.7 Å². The van der Waals surface area contributed by atoms with E-state index in [1.54, 1.807) is 0 Å². The molecule has 4 aromatic rings. The van der Waals surface area contributed by atoms with Gasteiger partial charge in [0, 0.05) is 70.6 Å². The fourth-order valence-electron chi connectivity index (χ4n) is 5.77. The summed E-state index contributed by atoms with van der Waals surface area (Å²) < 4.78 is 0. The first-order valence-electron chi connectivity index (χ1n) is 11.9. The van der Waals surface area contributed by atoms with Crippen molar-refractivity contribution in [2.75, 3.05) is 0 Å². The van der Waals surface area contributed by atoms with Gasteiger partial charge in [0.05, 0.1) is 59.4 Å². The van der Waals surface area contributed by atoms with Crippen LogP contribution in [0.1, 0.15) is 33.8 Å². The molecule has 3 aromatic heterocycles. The summed E-state index contributed by atoms with van der Waals surface area (Å²) in [5.74, 6) is -0.283. The SMILES string of the molecule is [C-]#[N+]C([N+]#[C-])=C1c2nccnc2-c2c1c1c(c3c2/C(=C(/C#N)[N+]#[C-])c2nccnc2-3)/C(=C(\C#N)[N+]#[C-])c2nccnc2-1. The Labute approximate surface area is 236 Å². The van der Waals surface area contributed by atoms with E-state index in [1.807, 2.05) is 12.1 Å². The van der Waals surface area contributed by atoms with Crippen LogP contribution in [0.25, 0.3) is 69.9 Å². The van der Waals surface area contributed by atoms with Crippen LogP contribution in [0.3, 0.4) is 0 Å². The molecule has 3 aliphatic rings. The van der Waals surface area contributed by atoms with Crippen molar-refractivity contribution in [3.8, 4) is 45.9 Å². The number of hydrogen-bond donors (Lipinski definition) is 0. The van der Waals surface area contributed by atoms with Gasteiger partial charge in [-0.15, -0.1) is 0 Å². The second-order valence-electron chi connectivity index (χ2n) is 8.83. The van der Waals surface area contributed by atoms with Crippen LogP contribution in [-0.2, 0) is 0 Å². The molecule has 7 rings (SSSR count). The molecule has 0 amide bonds. The summed E-state index contributed by atoms with van der Waals surface area (Å²) in [6.07, 6.45) is 8.72. The van der Waals surface area contributed by atoms with Crippen LogP contribution in [0.5, 0.6) is 0 Å². The highest BCUT2D eigenvalue weighted by Crippen LogP contribution is 2.63. The number of aromatic nitrogens is 6. The number of allylic oxidation sites excluding steroid dienone is 2. The van der Waals surface area contributed by atoms with Crippen molar-refractivity contribution in [3.05, 3.63) is 134 Å². The van der Waals surface area contributed by atoms with Crippen molar-refractivity contribution in [2.24, 2.45) is 0 Å². The first-order chi connectivity index (χ1) is 20.6. The normalized spacial score (nSPS) is 14.6. The van der Waals surface area contributed by atoms with Crippen LogP contribution in [-0.4, -0.2) is 29.9 Å². The van der Waals surface area contributed by atoms with Gasteiger partial charge in [-0.25, -0.2) is 20.2 Å². The van der Waals surface area contributed by atoms with Gasteiger partial charge in [-0.1, -0.05) is 0 Å². The van der Waals surface area contributed by atoms with Crippen LogP contribution < -0.4 is 0 Å². The third-order valence-corrected chi connectivity index (χ3v) is 7.11.